The third kappa shape index (κ3) is 4.80. The van der Waals surface area contributed by atoms with Crippen molar-refractivity contribution in [2.24, 2.45) is 0 Å². The number of aromatic nitrogens is 1. The van der Waals surface area contributed by atoms with Gasteiger partial charge in [-0.3, -0.25) is 4.98 Å². The van der Waals surface area contributed by atoms with Crippen LogP contribution in [0.5, 0.6) is 0 Å². The smallest absolute Gasteiger partial charge is 0.174 e. The van der Waals surface area contributed by atoms with Crippen molar-refractivity contribution in [3.63, 3.8) is 0 Å². The van der Waals surface area contributed by atoms with Crippen molar-refractivity contribution in [1.29, 1.82) is 0 Å². The molecule has 6 rings (SSSR count). The van der Waals surface area contributed by atoms with Gasteiger partial charge in [0.05, 0.1) is 35.0 Å². The lowest BCUT2D eigenvalue weighted by molar-refractivity contribution is 0.122. The maximum Gasteiger partial charge on any atom is 0.174 e. The van der Waals surface area contributed by atoms with Crippen LogP contribution in [0.1, 0.15) is 23.5 Å². The molecule has 0 radical (unpaired) electrons. The molecule has 4 aromatic rings. The molecule has 0 bridgehead atoms. The van der Waals surface area contributed by atoms with E-state index in [4.69, 9.17) is 44.6 Å². The van der Waals surface area contributed by atoms with Crippen molar-refractivity contribution in [2.75, 3.05) is 36.1 Å². The summed E-state index contributed by atoms with van der Waals surface area (Å²) in [5, 5.41) is 5.08. The number of furan rings is 1. The predicted octanol–water partition coefficient (Wildman–Crippen LogP) is 6.66. The van der Waals surface area contributed by atoms with Crippen LogP contribution in [0.3, 0.4) is 0 Å². The number of nitrogens with zero attached hydrogens (tertiary/aromatic N) is 3. The summed E-state index contributed by atoms with van der Waals surface area (Å²) in [6, 6.07) is 23.3. The van der Waals surface area contributed by atoms with E-state index in [1.54, 1.807) is 12.3 Å². The summed E-state index contributed by atoms with van der Waals surface area (Å²) in [5.41, 5.74) is 3.88. The Morgan fingerprint density at radius 2 is 1.68 bits per heavy atom. The first-order valence-corrected chi connectivity index (χ1v) is 13.2. The summed E-state index contributed by atoms with van der Waals surface area (Å²) in [6.45, 7) is 3.26. The van der Waals surface area contributed by atoms with Gasteiger partial charge in [-0.2, -0.15) is 0 Å². The molecule has 2 fully saturated rings. The SMILES string of the molecule is S=C1N[C@@H](c2ccccn2)[C@@H](c2ccc(-c3ccc(Cl)c(Cl)c3)o2)N1c1ccc(N2CCOCC2)cc1. The van der Waals surface area contributed by atoms with Crippen LogP contribution < -0.4 is 15.1 Å². The van der Waals surface area contributed by atoms with Gasteiger partial charge in [-0.1, -0.05) is 29.3 Å². The van der Waals surface area contributed by atoms with Gasteiger partial charge in [-0.05, 0) is 78.9 Å². The van der Waals surface area contributed by atoms with Crippen molar-refractivity contribution >= 4 is 51.9 Å². The number of thiocarbonyl (C=S) groups is 1. The van der Waals surface area contributed by atoms with Crippen LogP contribution in [-0.2, 0) is 4.74 Å². The van der Waals surface area contributed by atoms with Crippen molar-refractivity contribution < 1.29 is 9.15 Å². The molecule has 2 aliphatic heterocycles. The average molecular weight is 551 g/mol. The Bertz CT molecular complexity index is 1410. The molecule has 0 unspecified atom stereocenters. The van der Waals surface area contributed by atoms with E-state index >= 15 is 0 Å². The van der Waals surface area contributed by atoms with E-state index < -0.39 is 0 Å². The molecule has 2 aromatic carbocycles. The Morgan fingerprint density at radius 3 is 2.41 bits per heavy atom. The van der Waals surface area contributed by atoms with Gasteiger partial charge in [0.15, 0.2) is 5.11 Å². The minimum absolute atomic E-state index is 0.194. The van der Waals surface area contributed by atoms with Crippen LogP contribution in [-0.4, -0.2) is 36.4 Å². The number of halogens is 2. The zero-order valence-corrected chi connectivity index (χ0v) is 22.1. The number of benzene rings is 2. The molecule has 188 valence electrons. The lowest BCUT2D eigenvalue weighted by Gasteiger charge is -2.30. The molecule has 2 saturated heterocycles. The first kappa shape index (κ1) is 24.2. The fourth-order valence-corrected chi connectivity index (χ4v) is 5.53. The Balaban J connectivity index is 1.37. The third-order valence-electron chi connectivity index (χ3n) is 6.72. The first-order valence-electron chi connectivity index (χ1n) is 12.1. The molecule has 2 aromatic heterocycles. The van der Waals surface area contributed by atoms with Crippen LogP contribution in [0, 0.1) is 0 Å². The topological polar surface area (TPSA) is 53.8 Å². The quantitative estimate of drug-likeness (QED) is 0.279. The zero-order chi connectivity index (χ0) is 25.4. The highest BCUT2D eigenvalue weighted by atomic mass is 35.5. The number of rotatable bonds is 5. The number of morpholine rings is 1. The number of ether oxygens (including phenoxy) is 1. The van der Waals surface area contributed by atoms with Gasteiger partial charge in [0.25, 0.3) is 0 Å². The van der Waals surface area contributed by atoms with Gasteiger partial charge in [0.1, 0.15) is 17.6 Å². The first-order chi connectivity index (χ1) is 18.1. The zero-order valence-electron chi connectivity index (χ0n) is 19.8. The molecular weight excluding hydrogens is 527 g/mol. The molecule has 1 N–H and O–H groups in total. The molecule has 2 aliphatic rings. The molecule has 0 spiro atoms. The van der Waals surface area contributed by atoms with Crippen molar-refractivity contribution in [3.05, 3.63) is 100 Å². The van der Waals surface area contributed by atoms with E-state index in [0.717, 1.165) is 49.0 Å². The van der Waals surface area contributed by atoms with Crippen LogP contribution in [0.2, 0.25) is 10.0 Å². The van der Waals surface area contributed by atoms with E-state index in [-0.39, 0.29) is 12.1 Å². The summed E-state index contributed by atoms with van der Waals surface area (Å²) in [4.78, 5) is 9.06. The summed E-state index contributed by atoms with van der Waals surface area (Å²) in [7, 11) is 0. The minimum atomic E-state index is -0.242. The fourth-order valence-electron chi connectivity index (χ4n) is 4.88. The Morgan fingerprint density at radius 1 is 0.892 bits per heavy atom. The van der Waals surface area contributed by atoms with E-state index in [0.29, 0.717) is 20.9 Å². The number of hydrogen-bond acceptors (Lipinski definition) is 5. The maximum absolute atomic E-state index is 6.43. The van der Waals surface area contributed by atoms with Crippen molar-refractivity contribution in [1.82, 2.24) is 10.3 Å². The van der Waals surface area contributed by atoms with Gasteiger partial charge in [0, 0.05) is 36.2 Å². The summed E-state index contributed by atoms with van der Waals surface area (Å²) in [5.74, 6) is 1.47. The highest BCUT2D eigenvalue weighted by Gasteiger charge is 2.42. The number of hydrogen-bond donors (Lipinski definition) is 1. The molecule has 0 aliphatic carbocycles. The molecular formula is C28H24Cl2N4O2S. The van der Waals surface area contributed by atoms with Crippen LogP contribution in [0.25, 0.3) is 11.3 Å². The normalized spacial score (nSPS) is 19.8. The van der Waals surface area contributed by atoms with Crippen LogP contribution in [0.15, 0.2) is 83.4 Å². The predicted molar refractivity (Wildman–Crippen MR) is 152 cm³/mol. The maximum atomic E-state index is 6.43. The lowest BCUT2D eigenvalue weighted by atomic mass is 10.0. The van der Waals surface area contributed by atoms with E-state index in [1.807, 2.05) is 42.5 Å². The molecule has 6 nitrogen and oxygen atoms in total. The Hall–Kier alpha value is -3.10. The summed E-state index contributed by atoms with van der Waals surface area (Å²) in [6.07, 6.45) is 1.79. The molecule has 9 heteroatoms. The summed E-state index contributed by atoms with van der Waals surface area (Å²) < 4.78 is 11.9. The van der Waals surface area contributed by atoms with E-state index in [9.17, 15) is 0 Å². The second kappa shape index (κ2) is 10.3. The number of anilines is 2. The molecule has 2 atom stereocenters. The Labute approximate surface area is 230 Å². The molecule has 0 saturated carbocycles. The fraction of sp³-hybridized carbons (Fsp3) is 0.214. The number of pyridine rings is 1. The highest BCUT2D eigenvalue weighted by Crippen LogP contribution is 2.43. The third-order valence-corrected chi connectivity index (χ3v) is 7.78. The van der Waals surface area contributed by atoms with Gasteiger partial charge in [-0.15, -0.1) is 0 Å². The van der Waals surface area contributed by atoms with Gasteiger partial charge in [-0.25, -0.2) is 0 Å². The van der Waals surface area contributed by atoms with Crippen molar-refractivity contribution in [3.8, 4) is 11.3 Å². The minimum Gasteiger partial charge on any atom is -0.459 e. The van der Waals surface area contributed by atoms with Crippen LogP contribution in [0.4, 0.5) is 11.4 Å². The van der Waals surface area contributed by atoms with E-state index in [2.05, 4.69) is 44.4 Å². The van der Waals surface area contributed by atoms with Gasteiger partial charge < -0.3 is 24.3 Å². The standard InChI is InChI=1S/C28H24Cl2N4O2S/c29-21-9-4-18(17-22(21)30)24-10-11-25(36-24)27-26(23-3-1-2-12-31-23)32-28(37)34(27)20-7-5-19(6-8-20)33-13-15-35-16-14-33/h1-12,17,26-27H,13-16H2,(H,32,37)/t26-,27+/m0/s1. The molecule has 37 heavy (non-hydrogen) atoms. The largest absolute Gasteiger partial charge is 0.459 e. The second-order valence-corrected chi connectivity index (χ2v) is 10.1. The second-order valence-electron chi connectivity index (χ2n) is 8.94. The monoisotopic (exact) mass is 550 g/mol. The van der Waals surface area contributed by atoms with Gasteiger partial charge >= 0.3 is 0 Å². The number of nitrogens with one attached hydrogen (secondary N) is 1. The van der Waals surface area contributed by atoms with E-state index in [1.165, 1.54) is 5.69 Å². The molecule has 4 heterocycles. The average Bonchev–Trinajstić information content (AvgIpc) is 3.56. The Kier molecular flexibility index (Phi) is 6.78. The van der Waals surface area contributed by atoms with Crippen molar-refractivity contribution in [2.45, 2.75) is 12.1 Å². The lowest BCUT2D eigenvalue weighted by Crippen LogP contribution is -2.36. The summed E-state index contributed by atoms with van der Waals surface area (Å²) >= 11 is 18.2. The van der Waals surface area contributed by atoms with Crippen LogP contribution >= 0.6 is 35.4 Å². The van der Waals surface area contributed by atoms with Gasteiger partial charge in [0.2, 0.25) is 0 Å². The highest BCUT2D eigenvalue weighted by molar-refractivity contribution is 7.80. The molecule has 0 amide bonds.